The van der Waals surface area contributed by atoms with Gasteiger partial charge in [0.2, 0.25) is 0 Å². The van der Waals surface area contributed by atoms with E-state index in [9.17, 15) is 0 Å². The van der Waals surface area contributed by atoms with Crippen molar-refractivity contribution in [1.82, 2.24) is 0 Å². The lowest BCUT2D eigenvalue weighted by Crippen LogP contribution is -2.07. The molecule has 0 amide bonds. The Bertz CT molecular complexity index is 231. The standard InChI is InChI=1S/C5H4ClNS2/c6-4-3(5(7)8)1-2-9-4/h1-2H,(H2,7,8). The lowest BCUT2D eigenvalue weighted by Gasteiger charge is -1.89. The van der Waals surface area contributed by atoms with Crippen molar-refractivity contribution >= 4 is 40.1 Å². The highest BCUT2D eigenvalue weighted by Crippen LogP contribution is 2.21. The molecular weight excluding hydrogens is 174 g/mol. The molecule has 0 aliphatic rings. The summed E-state index contributed by atoms with van der Waals surface area (Å²) in [5, 5.41) is 1.86. The van der Waals surface area contributed by atoms with Gasteiger partial charge in [-0.25, -0.2) is 0 Å². The summed E-state index contributed by atoms with van der Waals surface area (Å²) in [6.45, 7) is 0. The van der Waals surface area contributed by atoms with Crippen LogP contribution in [-0.2, 0) is 0 Å². The molecule has 0 aromatic carbocycles. The molecule has 0 atom stereocenters. The van der Waals surface area contributed by atoms with Crippen LogP contribution in [0.5, 0.6) is 0 Å². The van der Waals surface area contributed by atoms with E-state index in [0.29, 0.717) is 9.32 Å². The van der Waals surface area contributed by atoms with E-state index in [0.717, 1.165) is 5.56 Å². The van der Waals surface area contributed by atoms with Gasteiger partial charge in [-0.3, -0.25) is 0 Å². The first-order chi connectivity index (χ1) is 4.22. The smallest absolute Gasteiger partial charge is 0.106 e. The molecule has 1 rings (SSSR count). The zero-order chi connectivity index (χ0) is 6.85. The molecule has 4 heteroatoms. The van der Waals surface area contributed by atoms with Gasteiger partial charge in [0, 0.05) is 5.56 Å². The van der Waals surface area contributed by atoms with Gasteiger partial charge in [0.1, 0.15) is 9.32 Å². The summed E-state index contributed by atoms with van der Waals surface area (Å²) >= 11 is 11.8. The Balaban J connectivity index is 3.08. The molecule has 0 bridgehead atoms. The first-order valence-electron chi connectivity index (χ1n) is 2.24. The van der Waals surface area contributed by atoms with Crippen LogP contribution in [0.3, 0.4) is 0 Å². The number of rotatable bonds is 1. The molecule has 0 spiro atoms. The van der Waals surface area contributed by atoms with Gasteiger partial charge in [0.05, 0.1) is 0 Å². The van der Waals surface area contributed by atoms with Crippen molar-refractivity contribution in [3.8, 4) is 0 Å². The molecule has 0 fully saturated rings. The second-order valence-electron chi connectivity index (χ2n) is 1.47. The number of hydrogen-bond acceptors (Lipinski definition) is 2. The van der Waals surface area contributed by atoms with Crippen LogP contribution >= 0.6 is 35.2 Å². The predicted octanol–water partition coefficient (Wildman–Crippen LogP) is 2.04. The largest absolute Gasteiger partial charge is 0.389 e. The molecule has 1 nitrogen and oxygen atoms in total. The minimum atomic E-state index is 0.362. The molecule has 2 N–H and O–H groups in total. The van der Waals surface area contributed by atoms with Crippen LogP contribution in [0.4, 0.5) is 0 Å². The molecule has 0 aliphatic heterocycles. The molecule has 1 aromatic heterocycles. The monoisotopic (exact) mass is 177 g/mol. The molecule has 0 unspecified atom stereocenters. The quantitative estimate of drug-likeness (QED) is 0.665. The van der Waals surface area contributed by atoms with Crippen molar-refractivity contribution in [2.75, 3.05) is 0 Å². The van der Waals surface area contributed by atoms with Crippen molar-refractivity contribution in [3.63, 3.8) is 0 Å². The van der Waals surface area contributed by atoms with Gasteiger partial charge < -0.3 is 5.73 Å². The van der Waals surface area contributed by atoms with Crippen LogP contribution in [0.25, 0.3) is 0 Å². The zero-order valence-electron chi connectivity index (χ0n) is 4.43. The highest BCUT2D eigenvalue weighted by molar-refractivity contribution is 7.80. The van der Waals surface area contributed by atoms with E-state index in [2.05, 4.69) is 0 Å². The number of thiocarbonyl (C=S) groups is 1. The van der Waals surface area contributed by atoms with Crippen molar-refractivity contribution < 1.29 is 0 Å². The maximum absolute atomic E-state index is 5.69. The van der Waals surface area contributed by atoms with Gasteiger partial charge >= 0.3 is 0 Å². The summed E-state index contributed by atoms with van der Waals surface area (Å²) in [5.74, 6) is 0. The fraction of sp³-hybridized carbons (Fsp3) is 0. The van der Waals surface area contributed by atoms with E-state index in [1.54, 1.807) is 0 Å². The summed E-state index contributed by atoms with van der Waals surface area (Å²) in [6, 6.07) is 1.81. The summed E-state index contributed by atoms with van der Waals surface area (Å²) < 4.78 is 0.669. The number of nitrogens with two attached hydrogens (primary N) is 1. The normalized spacial score (nSPS) is 9.44. The Morgan fingerprint density at radius 2 is 2.44 bits per heavy atom. The molecule has 0 radical (unpaired) electrons. The molecule has 9 heavy (non-hydrogen) atoms. The maximum Gasteiger partial charge on any atom is 0.106 e. The average Bonchev–Trinajstić information content (AvgIpc) is 2.13. The number of hydrogen-bond donors (Lipinski definition) is 1. The van der Waals surface area contributed by atoms with Gasteiger partial charge in [-0.1, -0.05) is 23.8 Å². The third kappa shape index (κ3) is 1.41. The lowest BCUT2D eigenvalue weighted by atomic mass is 10.3. The van der Waals surface area contributed by atoms with Gasteiger partial charge in [0.25, 0.3) is 0 Å². The molecule has 48 valence electrons. The van der Waals surface area contributed by atoms with Gasteiger partial charge in [-0.05, 0) is 11.4 Å². The first-order valence-corrected chi connectivity index (χ1v) is 3.91. The second kappa shape index (κ2) is 2.64. The van der Waals surface area contributed by atoms with Crippen LogP contribution in [0, 0.1) is 0 Å². The van der Waals surface area contributed by atoms with Gasteiger partial charge in [-0.15, -0.1) is 11.3 Å². The second-order valence-corrected chi connectivity index (χ2v) is 3.43. The minimum Gasteiger partial charge on any atom is -0.389 e. The van der Waals surface area contributed by atoms with Crippen molar-refractivity contribution in [1.29, 1.82) is 0 Å². The fourth-order valence-electron chi connectivity index (χ4n) is 0.470. The molecular formula is C5H4ClNS2. The fourth-order valence-corrected chi connectivity index (χ4v) is 1.71. The van der Waals surface area contributed by atoms with E-state index in [1.807, 2.05) is 11.4 Å². The van der Waals surface area contributed by atoms with Gasteiger partial charge in [0.15, 0.2) is 0 Å². The number of halogens is 1. The van der Waals surface area contributed by atoms with E-state index in [-0.39, 0.29) is 0 Å². The van der Waals surface area contributed by atoms with Crippen LogP contribution in [0.1, 0.15) is 5.56 Å². The van der Waals surface area contributed by atoms with E-state index in [4.69, 9.17) is 29.6 Å². The first kappa shape index (κ1) is 6.99. The molecule has 1 heterocycles. The highest BCUT2D eigenvalue weighted by atomic mass is 35.5. The Morgan fingerprint density at radius 1 is 1.78 bits per heavy atom. The minimum absolute atomic E-state index is 0.362. The Morgan fingerprint density at radius 3 is 2.67 bits per heavy atom. The van der Waals surface area contributed by atoms with Crippen LogP contribution in [-0.4, -0.2) is 4.99 Å². The average molecular weight is 178 g/mol. The Hall–Kier alpha value is -0.120. The summed E-state index contributed by atoms with van der Waals surface area (Å²) in [5.41, 5.74) is 6.09. The predicted molar refractivity (Wildman–Crippen MR) is 45.2 cm³/mol. The van der Waals surface area contributed by atoms with Crippen molar-refractivity contribution in [2.24, 2.45) is 5.73 Å². The van der Waals surface area contributed by atoms with Crippen molar-refractivity contribution in [2.45, 2.75) is 0 Å². The summed E-state index contributed by atoms with van der Waals surface area (Å²) in [6.07, 6.45) is 0. The van der Waals surface area contributed by atoms with Crippen LogP contribution < -0.4 is 5.73 Å². The topological polar surface area (TPSA) is 26.0 Å². The Kier molecular flexibility index (Phi) is 2.05. The molecule has 0 aliphatic carbocycles. The van der Waals surface area contributed by atoms with Crippen LogP contribution in [0.15, 0.2) is 11.4 Å². The highest BCUT2D eigenvalue weighted by Gasteiger charge is 2.01. The lowest BCUT2D eigenvalue weighted by molar-refractivity contribution is 1.74. The SMILES string of the molecule is NC(=S)c1ccsc1Cl. The third-order valence-electron chi connectivity index (χ3n) is 0.883. The molecule has 0 saturated heterocycles. The molecule has 1 aromatic rings. The number of thiophene rings is 1. The zero-order valence-corrected chi connectivity index (χ0v) is 6.82. The van der Waals surface area contributed by atoms with E-state index >= 15 is 0 Å². The molecule has 0 saturated carbocycles. The van der Waals surface area contributed by atoms with Crippen molar-refractivity contribution in [3.05, 3.63) is 21.3 Å². The third-order valence-corrected chi connectivity index (χ3v) is 2.27. The summed E-state index contributed by atoms with van der Waals surface area (Å²) in [4.78, 5) is 0.362. The summed E-state index contributed by atoms with van der Waals surface area (Å²) in [7, 11) is 0. The van der Waals surface area contributed by atoms with E-state index < -0.39 is 0 Å². The van der Waals surface area contributed by atoms with Gasteiger partial charge in [-0.2, -0.15) is 0 Å². The van der Waals surface area contributed by atoms with E-state index in [1.165, 1.54) is 11.3 Å². The van der Waals surface area contributed by atoms with Crippen LogP contribution in [0.2, 0.25) is 4.34 Å². The Labute approximate surface area is 67.4 Å². The maximum atomic E-state index is 5.69.